The van der Waals surface area contributed by atoms with E-state index in [4.69, 9.17) is 9.63 Å². The minimum absolute atomic E-state index is 0.251. The van der Waals surface area contributed by atoms with Crippen molar-refractivity contribution in [3.63, 3.8) is 0 Å². The Balaban J connectivity index is 1.39. The van der Waals surface area contributed by atoms with E-state index in [1.807, 2.05) is 24.3 Å². The molecule has 1 aliphatic heterocycles. The van der Waals surface area contributed by atoms with Crippen LogP contribution in [0.5, 0.6) is 0 Å². The van der Waals surface area contributed by atoms with Crippen LogP contribution in [0.15, 0.2) is 47.1 Å². The van der Waals surface area contributed by atoms with E-state index in [0.717, 1.165) is 17.5 Å². The topological polar surface area (TPSA) is 92.4 Å². The third kappa shape index (κ3) is 4.51. The first kappa shape index (κ1) is 19.3. The summed E-state index contributed by atoms with van der Waals surface area (Å²) in [6, 6.07) is 12.0. The number of likely N-dealkylation sites (tertiary alicyclic amines) is 1. The standard InChI is InChI=1S/C22H24N4O3/c1-14(2)9-15-3-6-17(7-4-15)21-24-20(25-29-21)19-8-5-16(10-23-19)11-26-12-18(13-26)22(27)28/h3-8,10,14,18H,9,11-13H2,1-2H3,(H,27,28). The minimum Gasteiger partial charge on any atom is -0.481 e. The maximum Gasteiger partial charge on any atom is 0.309 e. The average Bonchev–Trinajstić information content (AvgIpc) is 3.15. The van der Waals surface area contributed by atoms with Gasteiger partial charge in [-0.3, -0.25) is 14.7 Å². The number of rotatable bonds is 7. The van der Waals surface area contributed by atoms with Gasteiger partial charge in [0.1, 0.15) is 5.69 Å². The lowest BCUT2D eigenvalue weighted by Gasteiger charge is -2.36. The van der Waals surface area contributed by atoms with Crippen molar-refractivity contribution in [1.29, 1.82) is 0 Å². The van der Waals surface area contributed by atoms with E-state index in [2.05, 4.69) is 46.0 Å². The van der Waals surface area contributed by atoms with E-state index < -0.39 is 5.97 Å². The highest BCUT2D eigenvalue weighted by Gasteiger charge is 2.32. The Bertz CT molecular complexity index is 974. The SMILES string of the molecule is CC(C)Cc1ccc(-c2nc(-c3ccc(CN4CC(C(=O)O)C4)cn3)no2)cc1. The first-order valence-electron chi connectivity index (χ1n) is 9.81. The molecule has 1 aromatic carbocycles. The summed E-state index contributed by atoms with van der Waals surface area (Å²) >= 11 is 0. The third-order valence-corrected chi connectivity index (χ3v) is 5.04. The largest absolute Gasteiger partial charge is 0.481 e. The summed E-state index contributed by atoms with van der Waals surface area (Å²) in [4.78, 5) is 21.9. The summed E-state index contributed by atoms with van der Waals surface area (Å²) in [6.07, 6.45) is 2.82. The fourth-order valence-corrected chi connectivity index (χ4v) is 3.46. The molecule has 1 saturated heterocycles. The Kier molecular flexibility index (Phi) is 5.40. The van der Waals surface area contributed by atoms with E-state index in [1.54, 1.807) is 6.20 Å². The molecular formula is C22H24N4O3. The monoisotopic (exact) mass is 392 g/mol. The predicted molar refractivity (Wildman–Crippen MR) is 108 cm³/mol. The number of hydrogen-bond acceptors (Lipinski definition) is 6. The van der Waals surface area contributed by atoms with E-state index in [1.165, 1.54) is 5.56 Å². The second-order valence-corrected chi connectivity index (χ2v) is 8.00. The first-order valence-corrected chi connectivity index (χ1v) is 9.81. The van der Waals surface area contributed by atoms with Gasteiger partial charge >= 0.3 is 5.97 Å². The molecule has 3 aromatic rings. The molecule has 150 valence electrons. The molecule has 3 heterocycles. The van der Waals surface area contributed by atoms with Gasteiger partial charge in [0.05, 0.1) is 5.92 Å². The fraction of sp³-hybridized carbons (Fsp3) is 0.364. The second kappa shape index (κ2) is 8.13. The van der Waals surface area contributed by atoms with Gasteiger partial charge in [0, 0.05) is 31.4 Å². The lowest BCUT2D eigenvalue weighted by Crippen LogP contribution is -2.49. The molecule has 0 unspecified atom stereocenters. The van der Waals surface area contributed by atoms with Gasteiger partial charge in [-0.05, 0) is 41.7 Å². The Morgan fingerprint density at radius 3 is 2.52 bits per heavy atom. The molecule has 0 aliphatic carbocycles. The zero-order valence-electron chi connectivity index (χ0n) is 16.6. The van der Waals surface area contributed by atoms with E-state index in [0.29, 0.717) is 43.0 Å². The summed E-state index contributed by atoms with van der Waals surface area (Å²) in [6.45, 7) is 6.26. The van der Waals surface area contributed by atoms with Crippen LogP contribution in [0.3, 0.4) is 0 Å². The Hall–Kier alpha value is -3.06. The molecular weight excluding hydrogens is 368 g/mol. The average molecular weight is 392 g/mol. The summed E-state index contributed by atoms with van der Waals surface area (Å²) in [5.74, 6) is 0.566. The molecule has 7 nitrogen and oxygen atoms in total. The molecule has 7 heteroatoms. The maximum absolute atomic E-state index is 10.9. The van der Waals surface area contributed by atoms with Gasteiger partial charge < -0.3 is 9.63 Å². The van der Waals surface area contributed by atoms with Crippen molar-refractivity contribution in [1.82, 2.24) is 20.0 Å². The highest BCUT2D eigenvalue weighted by atomic mass is 16.5. The van der Waals surface area contributed by atoms with Gasteiger partial charge in [-0.25, -0.2) is 0 Å². The minimum atomic E-state index is -0.725. The van der Waals surface area contributed by atoms with Gasteiger partial charge in [0.2, 0.25) is 5.82 Å². The number of benzene rings is 1. The van der Waals surface area contributed by atoms with Crippen molar-refractivity contribution in [2.24, 2.45) is 11.8 Å². The molecule has 4 rings (SSSR count). The van der Waals surface area contributed by atoms with Crippen molar-refractivity contribution in [2.45, 2.75) is 26.8 Å². The summed E-state index contributed by atoms with van der Waals surface area (Å²) < 4.78 is 5.42. The van der Waals surface area contributed by atoms with Crippen LogP contribution in [0.2, 0.25) is 0 Å². The summed E-state index contributed by atoms with van der Waals surface area (Å²) in [5.41, 5.74) is 3.85. The maximum atomic E-state index is 10.9. The number of aromatic nitrogens is 3. The quantitative estimate of drug-likeness (QED) is 0.658. The van der Waals surface area contributed by atoms with E-state index in [-0.39, 0.29) is 5.92 Å². The molecule has 1 aliphatic rings. The van der Waals surface area contributed by atoms with Crippen molar-refractivity contribution in [2.75, 3.05) is 13.1 Å². The third-order valence-electron chi connectivity index (χ3n) is 5.04. The highest BCUT2D eigenvalue weighted by molar-refractivity contribution is 5.71. The second-order valence-electron chi connectivity index (χ2n) is 8.00. The number of carboxylic acid groups (broad SMARTS) is 1. The van der Waals surface area contributed by atoms with Crippen molar-refractivity contribution >= 4 is 5.97 Å². The number of carboxylic acids is 1. The number of aliphatic carboxylic acids is 1. The van der Waals surface area contributed by atoms with Gasteiger partial charge in [-0.2, -0.15) is 4.98 Å². The Morgan fingerprint density at radius 1 is 1.17 bits per heavy atom. The fourth-order valence-electron chi connectivity index (χ4n) is 3.46. The van der Waals surface area contributed by atoms with Gasteiger partial charge in [0.15, 0.2) is 0 Å². The van der Waals surface area contributed by atoms with Gasteiger partial charge in [-0.1, -0.05) is 37.2 Å². The molecule has 1 fully saturated rings. The van der Waals surface area contributed by atoms with E-state index in [9.17, 15) is 4.79 Å². The molecule has 0 bridgehead atoms. The van der Waals surface area contributed by atoms with Crippen molar-refractivity contribution < 1.29 is 14.4 Å². The molecule has 29 heavy (non-hydrogen) atoms. The first-order chi connectivity index (χ1) is 14.0. The van der Waals surface area contributed by atoms with Crippen LogP contribution in [0, 0.1) is 11.8 Å². The van der Waals surface area contributed by atoms with Gasteiger partial charge in [0.25, 0.3) is 5.89 Å². The highest BCUT2D eigenvalue weighted by Crippen LogP contribution is 2.23. The number of pyridine rings is 1. The molecule has 0 radical (unpaired) electrons. The van der Waals surface area contributed by atoms with Crippen molar-refractivity contribution in [3.8, 4) is 23.0 Å². The molecule has 0 amide bonds. The molecule has 0 spiro atoms. The van der Waals surface area contributed by atoms with Crippen LogP contribution in [-0.2, 0) is 17.8 Å². The summed E-state index contributed by atoms with van der Waals surface area (Å²) in [7, 11) is 0. The lowest BCUT2D eigenvalue weighted by molar-refractivity contribution is -0.147. The van der Waals surface area contributed by atoms with Crippen LogP contribution >= 0.6 is 0 Å². The van der Waals surface area contributed by atoms with Crippen LogP contribution < -0.4 is 0 Å². The van der Waals surface area contributed by atoms with Gasteiger partial charge in [-0.15, -0.1) is 0 Å². The van der Waals surface area contributed by atoms with Crippen molar-refractivity contribution in [3.05, 3.63) is 53.7 Å². The Labute approximate surface area is 169 Å². The molecule has 2 aromatic heterocycles. The lowest BCUT2D eigenvalue weighted by atomic mass is 10.00. The van der Waals surface area contributed by atoms with Crippen LogP contribution in [-0.4, -0.2) is 44.2 Å². The zero-order chi connectivity index (χ0) is 20.4. The van der Waals surface area contributed by atoms with Crippen LogP contribution in [0.25, 0.3) is 23.0 Å². The molecule has 1 N–H and O–H groups in total. The molecule has 0 saturated carbocycles. The predicted octanol–water partition coefficient (Wildman–Crippen LogP) is 3.51. The van der Waals surface area contributed by atoms with Crippen LogP contribution in [0.4, 0.5) is 0 Å². The summed E-state index contributed by atoms with van der Waals surface area (Å²) in [5, 5.41) is 13.0. The number of nitrogens with zero attached hydrogens (tertiary/aromatic N) is 4. The number of carbonyl (C=O) groups is 1. The normalized spacial score (nSPS) is 14.9. The Morgan fingerprint density at radius 2 is 1.90 bits per heavy atom. The molecule has 0 atom stereocenters. The smallest absolute Gasteiger partial charge is 0.309 e. The number of hydrogen-bond donors (Lipinski definition) is 1. The van der Waals surface area contributed by atoms with E-state index >= 15 is 0 Å². The zero-order valence-corrected chi connectivity index (χ0v) is 16.6. The van der Waals surface area contributed by atoms with Crippen LogP contribution in [0.1, 0.15) is 25.0 Å².